The van der Waals surface area contributed by atoms with Gasteiger partial charge >= 0.3 is 12.1 Å². The number of rotatable bonds is 7. The SMILES string of the molecule is N[C@@H](CC(=O)N1CC[C@@H](NC(=O)C2(OC(=O)C(F)(F)F)CC2)C1)Cc1ccccc1F. The number of ether oxygens (including phenoxy) is 1. The second-order valence-corrected chi connectivity index (χ2v) is 7.94. The van der Waals surface area contributed by atoms with Crippen molar-refractivity contribution in [3.8, 4) is 0 Å². The van der Waals surface area contributed by atoms with Gasteiger partial charge in [-0.2, -0.15) is 13.2 Å². The number of nitrogens with zero attached hydrogens (tertiary/aromatic N) is 1. The molecule has 2 aliphatic rings. The Morgan fingerprint density at radius 1 is 1.26 bits per heavy atom. The standard InChI is InChI=1S/C20H23F4N3O4/c21-15-4-2-1-3-12(15)9-13(25)10-16(28)27-8-5-14(11-27)26-17(29)19(6-7-19)31-18(30)20(22,23)24/h1-4,13-14H,5-11,25H2,(H,26,29)/t13-,14-/m1/s1. The maximum Gasteiger partial charge on any atom is 0.490 e. The summed E-state index contributed by atoms with van der Waals surface area (Å²) in [5, 5.41) is 2.57. The van der Waals surface area contributed by atoms with Crippen molar-refractivity contribution in [2.45, 2.75) is 56.0 Å². The molecule has 1 aromatic rings. The first-order chi connectivity index (χ1) is 14.5. The maximum absolute atomic E-state index is 13.7. The predicted octanol–water partition coefficient (Wildman–Crippen LogP) is 1.44. The van der Waals surface area contributed by atoms with Crippen LogP contribution in [-0.4, -0.2) is 59.6 Å². The number of likely N-dealkylation sites (tertiary alicyclic amines) is 1. The van der Waals surface area contributed by atoms with Crippen molar-refractivity contribution in [2.24, 2.45) is 5.73 Å². The van der Waals surface area contributed by atoms with Crippen LogP contribution < -0.4 is 11.1 Å². The average Bonchev–Trinajstić information content (AvgIpc) is 3.31. The van der Waals surface area contributed by atoms with Crippen LogP contribution in [-0.2, 0) is 25.5 Å². The Morgan fingerprint density at radius 3 is 2.55 bits per heavy atom. The highest BCUT2D eigenvalue weighted by atomic mass is 19.4. The van der Waals surface area contributed by atoms with Gasteiger partial charge in [-0.3, -0.25) is 9.59 Å². The molecule has 31 heavy (non-hydrogen) atoms. The number of halogens is 4. The molecule has 2 fully saturated rings. The highest BCUT2D eigenvalue weighted by molar-refractivity contribution is 5.91. The number of hydrogen-bond acceptors (Lipinski definition) is 5. The van der Waals surface area contributed by atoms with Gasteiger partial charge in [-0.25, -0.2) is 9.18 Å². The first-order valence-electron chi connectivity index (χ1n) is 9.88. The van der Waals surface area contributed by atoms with Gasteiger partial charge in [-0.1, -0.05) is 18.2 Å². The number of alkyl halides is 3. The minimum Gasteiger partial charge on any atom is -0.442 e. The highest BCUT2D eigenvalue weighted by Gasteiger charge is 2.58. The van der Waals surface area contributed by atoms with Gasteiger partial charge in [0, 0.05) is 44.4 Å². The van der Waals surface area contributed by atoms with Crippen molar-refractivity contribution >= 4 is 17.8 Å². The Kier molecular flexibility index (Phi) is 6.54. The maximum atomic E-state index is 13.7. The molecule has 3 N–H and O–H groups in total. The lowest BCUT2D eigenvalue weighted by molar-refractivity contribution is -0.207. The van der Waals surface area contributed by atoms with Gasteiger partial charge in [0.1, 0.15) is 5.82 Å². The molecule has 0 bridgehead atoms. The summed E-state index contributed by atoms with van der Waals surface area (Å²) < 4.78 is 55.3. The highest BCUT2D eigenvalue weighted by Crippen LogP contribution is 2.41. The summed E-state index contributed by atoms with van der Waals surface area (Å²) >= 11 is 0. The molecule has 170 valence electrons. The van der Waals surface area contributed by atoms with Gasteiger partial charge in [0.2, 0.25) is 5.91 Å². The number of nitrogens with one attached hydrogen (secondary N) is 1. The summed E-state index contributed by atoms with van der Waals surface area (Å²) in [5.41, 5.74) is 4.61. The molecule has 1 heterocycles. The fourth-order valence-electron chi connectivity index (χ4n) is 3.52. The molecule has 0 aromatic heterocycles. The molecule has 0 radical (unpaired) electrons. The predicted molar refractivity (Wildman–Crippen MR) is 99.9 cm³/mol. The number of carbonyl (C=O) groups is 3. The second kappa shape index (κ2) is 8.81. The fourth-order valence-corrected chi connectivity index (χ4v) is 3.52. The largest absolute Gasteiger partial charge is 0.490 e. The molecule has 7 nitrogen and oxygen atoms in total. The van der Waals surface area contributed by atoms with Crippen molar-refractivity contribution in [3.05, 3.63) is 35.6 Å². The van der Waals surface area contributed by atoms with Crippen molar-refractivity contribution < 1.29 is 36.7 Å². The van der Waals surface area contributed by atoms with E-state index in [2.05, 4.69) is 10.1 Å². The lowest BCUT2D eigenvalue weighted by atomic mass is 10.0. The zero-order valence-corrected chi connectivity index (χ0v) is 16.6. The molecule has 3 rings (SSSR count). The molecule has 0 unspecified atom stereocenters. The van der Waals surface area contributed by atoms with E-state index in [4.69, 9.17) is 5.73 Å². The zero-order valence-electron chi connectivity index (χ0n) is 16.6. The molecule has 2 amide bonds. The molecule has 11 heteroatoms. The molecular weight excluding hydrogens is 422 g/mol. The minimum atomic E-state index is -5.17. The monoisotopic (exact) mass is 445 g/mol. The normalized spacial score (nSPS) is 20.8. The fraction of sp³-hybridized carbons (Fsp3) is 0.550. The zero-order chi connectivity index (χ0) is 22.8. The average molecular weight is 445 g/mol. The van der Waals surface area contributed by atoms with E-state index in [1.165, 1.54) is 11.0 Å². The lowest BCUT2D eigenvalue weighted by Crippen LogP contribution is -2.47. The number of hydrogen-bond donors (Lipinski definition) is 2. The van der Waals surface area contributed by atoms with Crippen molar-refractivity contribution in [1.82, 2.24) is 10.2 Å². The third-order valence-corrected chi connectivity index (χ3v) is 5.39. The molecule has 1 aromatic carbocycles. The number of nitrogens with two attached hydrogens (primary N) is 1. The van der Waals surface area contributed by atoms with Crippen molar-refractivity contribution in [3.63, 3.8) is 0 Å². The Morgan fingerprint density at radius 2 is 1.94 bits per heavy atom. The molecule has 0 spiro atoms. The van der Waals surface area contributed by atoms with Gasteiger partial charge in [0.05, 0.1) is 0 Å². The molecule has 1 aliphatic heterocycles. The summed E-state index contributed by atoms with van der Waals surface area (Å²) in [6.45, 7) is 0.506. The van der Waals surface area contributed by atoms with E-state index in [9.17, 15) is 31.9 Å². The van der Waals surface area contributed by atoms with Crippen LogP contribution in [0.25, 0.3) is 0 Å². The van der Waals surface area contributed by atoms with Crippen molar-refractivity contribution in [1.29, 1.82) is 0 Å². The van der Waals surface area contributed by atoms with E-state index in [1.807, 2.05) is 0 Å². The second-order valence-electron chi connectivity index (χ2n) is 7.94. The van der Waals surface area contributed by atoms with Crippen LogP contribution in [0.5, 0.6) is 0 Å². The van der Waals surface area contributed by atoms with E-state index in [0.29, 0.717) is 18.5 Å². The van der Waals surface area contributed by atoms with E-state index in [1.54, 1.807) is 18.2 Å². The number of carbonyl (C=O) groups excluding carboxylic acids is 3. The lowest BCUT2D eigenvalue weighted by Gasteiger charge is -2.21. The number of benzene rings is 1. The first kappa shape index (κ1) is 23.0. The van der Waals surface area contributed by atoms with Crippen LogP contribution in [0.4, 0.5) is 17.6 Å². The molecule has 1 aliphatic carbocycles. The van der Waals surface area contributed by atoms with E-state index in [0.717, 1.165) is 0 Å². The Bertz CT molecular complexity index is 857. The Balaban J connectivity index is 1.46. The van der Waals surface area contributed by atoms with Crippen molar-refractivity contribution in [2.75, 3.05) is 13.1 Å². The van der Waals surface area contributed by atoms with Crippen LogP contribution in [0.2, 0.25) is 0 Å². The van der Waals surface area contributed by atoms with E-state index < -0.39 is 41.6 Å². The van der Waals surface area contributed by atoms with Gasteiger partial charge < -0.3 is 20.7 Å². The van der Waals surface area contributed by atoms with Crippen LogP contribution >= 0.6 is 0 Å². The quantitative estimate of drug-likeness (QED) is 0.489. The van der Waals surface area contributed by atoms with Crippen LogP contribution in [0.1, 0.15) is 31.2 Å². The van der Waals surface area contributed by atoms with Gasteiger partial charge in [-0.15, -0.1) is 0 Å². The van der Waals surface area contributed by atoms with Gasteiger partial charge in [0.25, 0.3) is 5.91 Å². The van der Waals surface area contributed by atoms with Gasteiger partial charge in [-0.05, 0) is 24.5 Å². The first-order valence-corrected chi connectivity index (χ1v) is 9.88. The van der Waals surface area contributed by atoms with Gasteiger partial charge in [0.15, 0.2) is 5.60 Å². The van der Waals surface area contributed by atoms with E-state index in [-0.39, 0.29) is 38.1 Å². The summed E-state index contributed by atoms with van der Waals surface area (Å²) in [7, 11) is 0. The number of esters is 1. The van der Waals surface area contributed by atoms with E-state index >= 15 is 0 Å². The Hall–Kier alpha value is -2.69. The Labute approximate surface area is 175 Å². The topological polar surface area (TPSA) is 102 Å². The summed E-state index contributed by atoms with van der Waals surface area (Å²) in [6.07, 6.45) is -4.55. The molecule has 1 saturated heterocycles. The third kappa shape index (κ3) is 5.72. The smallest absolute Gasteiger partial charge is 0.442 e. The summed E-state index contributed by atoms with van der Waals surface area (Å²) in [4.78, 5) is 37.3. The van der Waals surface area contributed by atoms with Crippen LogP contribution in [0.15, 0.2) is 24.3 Å². The minimum absolute atomic E-state index is 0.0118. The summed E-state index contributed by atoms with van der Waals surface area (Å²) in [6, 6.07) is 5.09. The van der Waals surface area contributed by atoms with Crippen LogP contribution in [0.3, 0.4) is 0 Å². The summed E-state index contributed by atoms with van der Waals surface area (Å²) in [5.74, 6) is -3.84. The third-order valence-electron chi connectivity index (χ3n) is 5.39. The van der Waals surface area contributed by atoms with Crippen LogP contribution in [0, 0.1) is 5.82 Å². The number of amides is 2. The molecule has 2 atom stereocenters. The molecular formula is C20H23F4N3O4. The molecule has 1 saturated carbocycles.